The minimum absolute atomic E-state index is 0.587. The Hall–Kier alpha value is -1.80. The molecule has 36 heavy (non-hydrogen) atoms. The van der Waals surface area contributed by atoms with Crippen LogP contribution in [0.3, 0.4) is 0 Å². The summed E-state index contributed by atoms with van der Waals surface area (Å²) in [4.78, 5) is 10.2. The lowest BCUT2D eigenvalue weighted by Crippen LogP contribution is -2.49. The van der Waals surface area contributed by atoms with Crippen molar-refractivity contribution < 1.29 is 4.74 Å². The van der Waals surface area contributed by atoms with Gasteiger partial charge in [0.05, 0.1) is 28.5 Å². The number of thiazole rings is 2. The average molecular weight is 523 g/mol. The Labute approximate surface area is 223 Å². The van der Waals surface area contributed by atoms with Crippen LogP contribution in [0, 0.1) is 0 Å². The summed E-state index contributed by atoms with van der Waals surface area (Å²) in [5, 5.41) is 12.6. The van der Waals surface area contributed by atoms with Gasteiger partial charge >= 0.3 is 0 Å². The van der Waals surface area contributed by atoms with Crippen molar-refractivity contribution in [2.24, 2.45) is 0 Å². The van der Waals surface area contributed by atoms with Gasteiger partial charge in [0.1, 0.15) is 5.75 Å². The van der Waals surface area contributed by atoms with E-state index in [4.69, 9.17) is 14.7 Å². The molecule has 4 heterocycles. The summed E-state index contributed by atoms with van der Waals surface area (Å²) in [7, 11) is 1.71. The summed E-state index contributed by atoms with van der Waals surface area (Å²) >= 11 is 3.76. The maximum Gasteiger partial charge on any atom is 0.118 e. The van der Waals surface area contributed by atoms with E-state index in [9.17, 15) is 0 Å². The van der Waals surface area contributed by atoms with Crippen molar-refractivity contribution in [1.29, 1.82) is 0 Å². The Morgan fingerprint density at radius 1 is 0.694 bits per heavy atom. The van der Waals surface area contributed by atoms with E-state index in [1.54, 1.807) is 7.11 Å². The van der Waals surface area contributed by atoms with Gasteiger partial charge in [-0.2, -0.15) is 0 Å². The van der Waals surface area contributed by atoms with E-state index < -0.39 is 0 Å². The van der Waals surface area contributed by atoms with Gasteiger partial charge in [-0.1, -0.05) is 19.3 Å². The van der Waals surface area contributed by atoms with Crippen molar-refractivity contribution in [3.05, 3.63) is 50.7 Å². The summed E-state index contributed by atoms with van der Waals surface area (Å²) in [6.45, 7) is 4.64. The molecule has 0 radical (unpaired) electrons. The van der Waals surface area contributed by atoms with Gasteiger partial charge in [0.25, 0.3) is 0 Å². The second-order valence-electron chi connectivity index (χ2n) is 10.7. The second-order valence-corrected chi connectivity index (χ2v) is 12.5. The molecule has 3 aromatic rings. The molecule has 2 saturated heterocycles. The smallest absolute Gasteiger partial charge is 0.118 e. The Bertz CT molecular complexity index is 1100. The zero-order valence-electron chi connectivity index (χ0n) is 21.4. The fourth-order valence-corrected chi connectivity index (χ4v) is 8.31. The van der Waals surface area contributed by atoms with Gasteiger partial charge in [0.2, 0.25) is 0 Å². The SMILES string of the molecule is COc1ccc(-c2csc(C3CCN(N4CCC(c5nc(C6CCCCC6)cs5)CC4)CC3)n2)cc1. The number of rotatable bonds is 6. The van der Waals surface area contributed by atoms with Crippen LogP contribution in [0.2, 0.25) is 0 Å². The normalized spacial score (nSPS) is 21.7. The Morgan fingerprint density at radius 3 is 1.89 bits per heavy atom. The molecule has 2 aromatic heterocycles. The third-order valence-electron chi connectivity index (χ3n) is 8.51. The summed E-state index contributed by atoms with van der Waals surface area (Å²) in [6, 6.07) is 8.24. The van der Waals surface area contributed by atoms with Gasteiger partial charge in [-0.25, -0.2) is 20.0 Å². The highest BCUT2D eigenvalue weighted by Gasteiger charge is 2.30. The third kappa shape index (κ3) is 5.40. The topological polar surface area (TPSA) is 41.5 Å². The van der Waals surface area contributed by atoms with Gasteiger partial charge in [0, 0.05) is 60.3 Å². The minimum Gasteiger partial charge on any atom is -0.497 e. The number of hydrazine groups is 1. The highest BCUT2D eigenvalue weighted by atomic mass is 32.1. The van der Waals surface area contributed by atoms with Crippen molar-refractivity contribution in [3.8, 4) is 17.0 Å². The second kappa shape index (κ2) is 11.3. The first-order valence-corrected chi connectivity index (χ1v) is 15.6. The fraction of sp³-hybridized carbons (Fsp3) is 0.586. The highest BCUT2D eigenvalue weighted by Crippen LogP contribution is 2.38. The van der Waals surface area contributed by atoms with Crippen LogP contribution < -0.4 is 4.74 Å². The zero-order valence-corrected chi connectivity index (χ0v) is 23.0. The van der Waals surface area contributed by atoms with E-state index in [-0.39, 0.29) is 0 Å². The molecule has 5 nitrogen and oxygen atoms in total. The Kier molecular flexibility index (Phi) is 7.70. The number of methoxy groups -OCH3 is 1. The number of benzene rings is 1. The number of aromatic nitrogens is 2. The molecule has 1 saturated carbocycles. The maximum atomic E-state index is 5.29. The quantitative estimate of drug-likeness (QED) is 0.340. The van der Waals surface area contributed by atoms with Crippen LogP contribution in [0.15, 0.2) is 35.0 Å². The van der Waals surface area contributed by atoms with Gasteiger partial charge in [0.15, 0.2) is 0 Å². The number of nitrogens with zero attached hydrogens (tertiary/aromatic N) is 4. The molecule has 1 aliphatic carbocycles. The van der Waals surface area contributed by atoms with E-state index in [2.05, 4.69) is 32.9 Å². The molecule has 192 valence electrons. The van der Waals surface area contributed by atoms with Gasteiger partial charge in [-0.3, -0.25) is 0 Å². The van der Waals surface area contributed by atoms with Gasteiger partial charge in [-0.15, -0.1) is 22.7 Å². The molecule has 6 rings (SSSR count). The largest absolute Gasteiger partial charge is 0.497 e. The summed E-state index contributed by atoms with van der Waals surface area (Å²) in [6.07, 6.45) is 11.8. The number of piperidine rings is 2. The Morgan fingerprint density at radius 2 is 1.28 bits per heavy atom. The lowest BCUT2D eigenvalue weighted by Gasteiger charge is -2.42. The third-order valence-corrected chi connectivity index (χ3v) is 10.5. The van der Waals surface area contributed by atoms with Crippen LogP contribution in [0.5, 0.6) is 5.75 Å². The summed E-state index contributed by atoms with van der Waals surface area (Å²) in [5.41, 5.74) is 3.66. The van der Waals surface area contributed by atoms with E-state index in [1.165, 1.54) is 92.1 Å². The maximum absolute atomic E-state index is 5.29. The first-order valence-electron chi connectivity index (χ1n) is 13.8. The molecule has 0 N–H and O–H groups in total. The highest BCUT2D eigenvalue weighted by molar-refractivity contribution is 7.10. The van der Waals surface area contributed by atoms with Crippen LogP contribution in [-0.4, -0.2) is 53.3 Å². The van der Waals surface area contributed by atoms with Crippen LogP contribution >= 0.6 is 22.7 Å². The summed E-state index contributed by atoms with van der Waals surface area (Å²) in [5.74, 6) is 2.87. The molecule has 0 atom stereocenters. The zero-order chi connectivity index (χ0) is 24.3. The van der Waals surface area contributed by atoms with Gasteiger partial charge < -0.3 is 4.74 Å². The number of hydrogen-bond donors (Lipinski definition) is 0. The van der Waals surface area contributed by atoms with E-state index in [0.29, 0.717) is 11.8 Å². The molecule has 0 unspecified atom stereocenters. The number of ether oxygens (including phenoxy) is 1. The minimum atomic E-state index is 0.587. The van der Waals surface area contributed by atoms with Crippen molar-refractivity contribution in [2.45, 2.75) is 75.5 Å². The van der Waals surface area contributed by atoms with Crippen LogP contribution in [0.1, 0.15) is 91.3 Å². The molecule has 0 spiro atoms. The fourth-order valence-electron chi connectivity index (χ4n) is 6.23. The van der Waals surface area contributed by atoms with Crippen LogP contribution in [0.4, 0.5) is 0 Å². The van der Waals surface area contributed by atoms with Crippen LogP contribution in [0.25, 0.3) is 11.3 Å². The first-order chi connectivity index (χ1) is 17.8. The summed E-state index contributed by atoms with van der Waals surface area (Å²) < 4.78 is 5.29. The van der Waals surface area contributed by atoms with Gasteiger partial charge in [-0.05, 0) is 62.8 Å². The van der Waals surface area contributed by atoms with Crippen molar-refractivity contribution in [1.82, 2.24) is 20.0 Å². The molecule has 2 aliphatic heterocycles. The molecule has 3 aliphatic rings. The predicted molar refractivity (Wildman–Crippen MR) is 149 cm³/mol. The van der Waals surface area contributed by atoms with E-state index in [0.717, 1.165) is 30.5 Å². The lowest BCUT2D eigenvalue weighted by molar-refractivity contribution is -0.0585. The molecule has 0 amide bonds. The van der Waals surface area contributed by atoms with Crippen molar-refractivity contribution in [2.75, 3.05) is 33.3 Å². The molecule has 7 heteroatoms. The molecule has 0 bridgehead atoms. The molecular weight excluding hydrogens is 484 g/mol. The molecule has 3 fully saturated rings. The predicted octanol–water partition coefficient (Wildman–Crippen LogP) is 7.30. The molecule has 1 aromatic carbocycles. The Balaban J connectivity index is 0.987. The van der Waals surface area contributed by atoms with Crippen LogP contribution in [-0.2, 0) is 0 Å². The monoisotopic (exact) mass is 522 g/mol. The average Bonchev–Trinajstić information content (AvgIpc) is 3.65. The standard InChI is InChI=1S/C29H38N4OS2/c1-34-25-9-7-22(8-10-25)27-20-36-29(31-27)24-13-17-33(18-14-24)32-15-11-23(12-16-32)28-30-26(19-35-28)21-5-3-2-4-6-21/h7-10,19-21,23-24H,2-6,11-18H2,1H3. The van der Waals surface area contributed by atoms with E-state index in [1.807, 2.05) is 34.8 Å². The first kappa shape index (κ1) is 24.5. The number of hydrogen-bond acceptors (Lipinski definition) is 7. The van der Waals surface area contributed by atoms with Crippen molar-refractivity contribution >= 4 is 22.7 Å². The van der Waals surface area contributed by atoms with Crippen molar-refractivity contribution in [3.63, 3.8) is 0 Å². The van der Waals surface area contributed by atoms with E-state index >= 15 is 0 Å². The molecular formula is C29H38N4OS2. The lowest BCUT2D eigenvalue weighted by atomic mass is 9.87.